The lowest BCUT2D eigenvalue weighted by atomic mass is 10.3. The van der Waals surface area contributed by atoms with Crippen molar-refractivity contribution in [1.82, 2.24) is 14.9 Å². The van der Waals surface area contributed by atoms with Crippen LogP contribution in [-0.4, -0.2) is 40.4 Å². The number of amides is 1. The lowest BCUT2D eigenvalue weighted by Gasteiger charge is -2.18. The number of anilines is 1. The van der Waals surface area contributed by atoms with Gasteiger partial charge in [0.25, 0.3) is 0 Å². The Kier molecular flexibility index (Phi) is 5.90. The fourth-order valence-corrected chi connectivity index (χ4v) is 1.83. The molecule has 0 saturated carbocycles. The number of nitrogens with zero attached hydrogens (tertiary/aromatic N) is 3. The van der Waals surface area contributed by atoms with Crippen LogP contribution in [0, 0.1) is 0 Å². The zero-order valence-corrected chi connectivity index (χ0v) is 11.7. The van der Waals surface area contributed by atoms with Crippen molar-refractivity contribution >= 4 is 27.7 Å². The maximum absolute atomic E-state index is 11.7. The standard InChI is InChI=1S/C11H17BrN4O/c1-3-16(4-2)10(17)5-6-14-11-9(12)7-13-8-15-11/h7-8H,3-6H2,1-2H3,(H,13,14,15). The molecule has 5 nitrogen and oxygen atoms in total. The van der Waals surface area contributed by atoms with Crippen molar-refractivity contribution in [3.63, 3.8) is 0 Å². The van der Waals surface area contributed by atoms with Gasteiger partial charge in [0, 0.05) is 32.3 Å². The van der Waals surface area contributed by atoms with Crippen LogP contribution >= 0.6 is 15.9 Å². The number of rotatable bonds is 6. The molecule has 0 saturated heterocycles. The Morgan fingerprint density at radius 1 is 1.47 bits per heavy atom. The number of halogens is 1. The Balaban J connectivity index is 2.38. The van der Waals surface area contributed by atoms with E-state index < -0.39 is 0 Å². The third kappa shape index (κ3) is 4.30. The summed E-state index contributed by atoms with van der Waals surface area (Å²) < 4.78 is 0.801. The molecule has 0 spiro atoms. The number of hydrogen-bond acceptors (Lipinski definition) is 4. The summed E-state index contributed by atoms with van der Waals surface area (Å²) in [4.78, 5) is 21.5. The SMILES string of the molecule is CCN(CC)C(=O)CCNc1ncncc1Br. The quantitative estimate of drug-likeness (QED) is 0.872. The minimum atomic E-state index is 0.160. The van der Waals surface area contributed by atoms with E-state index in [2.05, 4.69) is 31.2 Å². The zero-order valence-electron chi connectivity index (χ0n) is 10.1. The fourth-order valence-electron chi connectivity index (χ4n) is 1.46. The monoisotopic (exact) mass is 300 g/mol. The molecule has 0 bridgehead atoms. The molecule has 0 atom stereocenters. The maximum atomic E-state index is 11.7. The largest absolute Gasteiger partial charge is 0.369 e. The Morgan fingerprint density at radius 3 is 2.76 bits per heavy atom. The van der Waals surface area contributed by atoms with Crippen molar-refractivity contribution < 1.29 is 4.79 Å². The number of hydrogen-bond donors (Lipinski definition) is 1. The number of carbonyl (C=O) groups is 1. The van der Waals surface area contributed by atoms with E-state index in [1.165, 1.54) is 6.33 Å². The Hall–Kier alpha value is -1.17. The van der Waals surface area contributed by atoms with Gasteiger partial charge in [-0.25, -0.2) is 9.97 Å². The van der Waals surface area contributed by atoms with Crippen LogP contribution in [0.5, 0.6) is 0 Å². The first-order valence-corrected chi connectivity index (χ1v) is 6.45. The van der Waals surface area contributed by atoms with Crippen LogP contribution in [0.25, 0.3) is 0 Å². The van der Waals surface area contributed by atoms with Crippen molar-refractivity contribution in [3.05, 3.63) is 17.0 Å². The third-order valence-corrected chi connectivity index (χ3v) is 3.00. The van der Waals surface area contributed by atoms with Crippen molar-refractivity contribution in [1.29, 1.82) is 0 Å². The van der Waals surface area contributed by atoms with Gasteiger partial charge < -0.3 is 10.2 Å². The van der Waals surface area contributed by atoms with Crippen LogP contribution in [0.2, 0.25) is 0 Å². The lowest BCUT2D eigenvalue weighted by Crippen LogP contribution is -2.31. The zero-order chi connectivity index (χ0) is 12.7. The molecule has 1 aromatic rings. The van der Waals surface area contributed by atoms with Crippen LogP contribution in [-0.2, 0) is 4.79 Å². The van der Waals surface area contributed by atoms with E-state index in [1.807, 2.05) is 18.7 Å². The highest BCUT2D eigenvalue weighted by molar-refractivity contribution is 9.10. The normalized spacial score (nSPS) is 10.1. The first kappa shape index (κ1) is 13.9. The van der Waals surface area contributed by atoms with Gasteiger partial charge in [-0.2, -0.15) is 0 Å². The maximum Gasteiger partial charge on any atom is 0.224 e. The molecule has 1 N–H and O–H groups in total. The number of aromatic nitrogens is 2. The predicted molar refractivity (Wildman–Crippen MR) is 70.8 cm³/mol. The van der Waals surface area contributed by atoms with E-state index in [-0.39, 0.29) is 5.91 Å². The molecule has 94 valence electrons. The molecule has 0 radical (unpaired) electrons. The van der Waals surface area contributed by atoms with Gasteiger partial charge in [-0.05, 0) is 29.8 Å². The van der Waals surface area contributed by atoms with Crippen molar-refractivity contribution in [2.24, 2.45) is 0 Å². The van der Waals surface area contributed by atoms with Gasteiger partial charge in [0.15, 0.2) is 0 Å². The first-order chi connectivity index (χ1) is 8.19. The van der Waals surface area contributed by atoms with Crippen LogP contribution in [0.15, 0.2) is 17.0 Å². The molecule has 1 rings (SSSR count). The van der Waals surface area contributed by atoms with Gasteiger partial charge in [0.05, 0.1) is 4.47 Å². The highest BCUT2D eigenvalue weighted by Crippen LogP contribution is 2.16. The molecule has 0 fully saturated rings. The van der Waals surface area contributed by atoms with Gasteiger partial charge in [0.2, 0.25) is 5.91 Å². The predicted octanol–water partition coefficient (Wildman–Crippen LogP) is 1.91. The van der Waals surface area contributed by atoms with E-state index in [9.17, 15) is 4.79 Å². The van der Waals surface area contributed by atoms with Gasteiger partial charge in [-0.3, -0.25) is 4.79 Å². The molecule has 1 amide bonds. The third-order valence-electron chi connectivity index (χ3n) is 2.42. The molecular formula is C11H17BrN4O. The highest BCUT2D eigenvalue weighted by atomic mass is 79.9. The molecule has 0 aromatic carbocycles. The molecule has 0 aliphatic rings. The molecule has 0 aliphatic heterocycles. The first-order valence-electron chi connectivity index (χ1n) is 5.66. The minimum Gasteiger partial charge on any atom is -0.369 e. The smallest absolute Gasteiger partial charge is 0.224 e. The Morgan fingerprint density at radius 2 is 2.18 bits per heavy atom. The molecule has 0 aliphatic carbocycles. The molecule has 17 heavy (non-hydrogen) atoms. The molecule has 0 unspecified atom stereocenters. The Bertz CT molecular complexity index is 368. The van der Waals surface area contributed by atoms with Gasteiger partial charge in [0.1, 0.15) is 12.1 Å². The second-order valence-corrected chi connectivity index (χ2v) is 4.32. The van der Waals surface area contributed by atoms with E-state index in [0.717, 1.165) is 17.6 Å². The van der Waals surface area contributed by atoms with Crippen LogP contribution < -0.4 is 5.32 Å². The Labute approximate surface area is 110 Å². The molecule has 1 heterocycles. The summed E-state index contributed by atoms with van der Waals surface area (Å²) >= 11 is 3.34. The summed E-state index contributed by atoms with van der Waals surface area (Å²) in [7, 11) is 0. The summed E-state index contributed by atoms with van der Waals surface area (Å²) in [6, 6.07) is 0. The lowest BCUT2D eigenvalue weighted by molar-refractivity contribution is -0.130. The van der Waals surface area contributed by atoms with Gasteiger partial charge in [-0.15, -0.1) is 0 Å². The van der Waals surface area contributed by atoms with Crippen molar-refractivity contribution in [2.45, 2.75) is 20.3 Å². The van der Waals surface area contributed by atoms with E-state index in [0.29, 0.717) is 18.8 Å². The summed E-state index contributed by atoms with van der Waals surface area (Å²) in [6.45, 7) is 6.05. The van der Waals surface area contributed by atoms with Gasteiger partial charge in [-0.1, -0.05) is 0 Å². The summed E-state index contributed by atoms with van der Waals surface area (Å²) in [5.74, 6) is 0.875. The van der Waals surface area contributed by atoms with Crippen LogP contribution in [0.4, 0.5) is 5.82 Å². The van der Waals surface area contributed by atoms with Crippen molar-refractivity contribution in [2.75, 3.05) is 25.0 Å². The molecule has 1 aromatic heterocycles. The summed E-state index contributed by atoms with van der Waals surface area (Å²) in [5.41, 5.74) is 0. The van der Waals surface area contributed by atoms with Gasteiger partial charge >= 0.3 is 0 Å². The number of nitrogens with one attached hydrogen (secondary N) is 1. The second-order valence-electron chi connectivity index (χ2n) is 3.46. The van der Waals surface area contributed by atoms with E-state index in [1.54, 1.807) is 6.20 Å². The fraction of sp³-hybridized carbons (Fsp3) is 0.545. The van der Waals surface area contributed by atoms with E-state index in [4.69, 9.17) is 0 Å². The van der Waals surface area contributed by atoms with E-state index >= 15 is 0 Å². The summed E-state index contributed by atoms with van der Waals surface area (Å²) in [6.07, 6.45) is 3.61. The minimum absolute atomic E-state index is 0.160. The summed E-state index contributed by atoms with van der Waals surface area (Å²) in [5, 5.41) is 3.10. The van der Waals surface area contributed by atoms with Crippen LogP contribution in [0.1, 0.15) is 20.3 Å². The molecule has 6 heteroatoms. The van der Waals surface area contributed by atoms with Crippen LogP contribution in [0.3, 0.4) is 0 Å². The second kappa shape index (κ2) is 7.21. The average Bonchev–Trinajstić information content (AvgIpc) is 2.33. The van der Waals surface area contributed by atoms with Crippen molar-refractivity contribution in [3.8, 4) is 0 Å². The average molecular weight is 301 g/mol. The topological polar surface area (TPSA) is 58.1 Å². The molecular weight excluding hydrogens is 284 g/mol. The highest BCUT2D eigenvalue weighted by Gasteiger charge is 2.09. The number of carbonyl (C=O) groups excluding carboxylic acids is 1.